The van der Waals surface area contributed by atoms with E-state index in [2.05, 4.69) is 15.6 Å². The number of thiazole rings is 1. The number of hydrogen-bond acceptors (Lipinski definition) is 4. The van der Waals surface area contributed by atoms with Crippen LogP contribution in [-0.2, 0) is 4.79 Å². The molecule has 2 N–H and O–H groups in total. The molecule has 140 valence electrons. The lowest BCUT2D eigenvalue weighted by Crippen LogP contribution is -2.47. The molecule has 0 aliphatic rings. The molecule has 0 fully saturated rings. The first-order chi connectivity index (χ1) is 13.0. The summed E-state index contributed by atoms with van der Waals surface area (Å²) >= 11 is 1.44. The van der Waals surface area contributed by atoms with Gasteiger partial charge < -0.3 is 10.6 Å². The number of aromatic nitrogens is 1. The van der Waals surface area contributed by atoms with Crippen LogP contribution in [0.5, 0.6) is 0 Å². The molecular weight excluding hydrogens is 358 g/mol. The Balaban J connectivity index is 1.78. The molecule has 27 heavy (non-hydrogen) atoms. The van der Waals surface area contributed by atoms with Gasteiger partial charge in [-0.25, -0.2) is 4.98 Å². The fourth-order valence-corrected chi connectivity index (χ4v) is 3.79. The minimum atomic E-state index is -0.629. The fourth-order valence-electron chi connectivity index (χ4n) is 2.84. The Bertz CT molecular complexity index is 952. The van der Waals surface area contributed by atoms with Gasteiger partial charge in [0.25, 0.3) is 5.91 Å². The number of amides is 2. The van der Waals surface area contributed by atoms with E-state index in [4.69, 9.17) is 0 Å². The third kappa shape index (κ3) is 4.34. The molecule has 1 heterocycles. The first kappa shape index (κ1) is 19.0. The van der Waals surface area contributed by atoms with Crippen molar-refractivity contribution in [2.75, 3.05) is 5.32 Å². The smallest absolute Gasteiger partial charge is 0.251 e. The van der Waals surface area contributed by atoms with Gasteiger partial charge in [-0.3, -0.25) is 9.59 Å². The van der Waals surface area contributed by atoms with Crippen LogP contribution in [0.15, 0.2) is 48.5 Å². The van der Waals surface area contributed by atoms with Crippen molar-refractivity contribution < 1.29 is 9.59 Å². The van der Waals surface area contributed by atoms with E-state index in [1.54, 1.807) is 24.3 Å². The van der Waals surface area contributed by atoms with Crippen molar-refractivity contribution in [3.8, 4) is 0 Å². The van der Waals surface area contributed by atoms with E-state index in [9.17, 15) is 9.59 Å². The molecule has 0 bridgehead atoms. The lowest BCUT2D eigenvalue weighted by atomic mass is 9.98. The van der Waals surface area contributed by atoms with Crippen molar-refractivity contribution >= 4 is 38.5 Å². The van der Waals surface area contributed by atoms with Crippen molar-refractivity contribution in [2.45, 2.75) is 33.2 Å². The van der Waals surface area contributed by atoms with Gasteiger partial charge in [0.1, 0.15) is 6.04 Å². The van der Waals surface area contributed by atoms with Crippen LogP contribution in [0.4, 0.5) is 5.13 Å². The fraction of sp³-hybridized carbons (Fsp3) is 0.286. The van der Waals surface area contributed by atoms with E-state index in [1.165, 1.54) is 11.3 Å². The monoisotopic (exact) mass is 381 g/mol. The number of fused-ring (bicyclic) bond motifs is 1. The van der Waals surface area contributed by atoms with Gasteiger partial charge in [-0.15, -0.1) is 0 Å². The minimum Gasteiger partial charge on any atom is -0.340 e. The summed E-state index contributed by atoms with van der Waals surface area (Å²) in [6.45, 7) is 5.95. The van der Waals surface area contributed by atoms with Crippen molar-refractivity contribution in [3.63, 3.8) is 0 Å². The van der Waals surface area contributed by atoms with Crippen LogP contribution >= 0.6 is 11.3 Å². The Hall–Kier alpha value is -2.73. The molecule has 2 amide bonds. The van der Waals surface area contributed by atoms with Crippen LogP contribution in [-0.4, -0.2) is 22.8 Å². The average molecular weight is 382 g/mol. The number of nitrogens with one attached hydrogen (secondary N) is 2. The Kier molecular flexibility index (Phi) is 5.86. The topological polar surface area (TPSA) is 71.1 Å². The Morgan fingerprint density at radius 3 is 2.52 bits per heavy atom. The summed E-state index contributed by atoms with van der Waals surface area (Å²) < 4.78 is 1.03. The first-order valence-corrected chi connectivity index (χ1v) is 9.84. The van der Waals surface area contributed by atoms with E-state index in [0.717, 1.165) is 22.2 Å². The zero-order chi connectivity index (χ0) is 19.4. The number of aryl methyl sites for hydroxylation is 1. The molecule has 1 aromatic heterocycles. The maximum absolute atomic E-state index is 12.9. The van der Waals surface area contributed by atoms with Crippen LogP contribution in [0.3, 0.4) is 0 Å². The number of carbonyl (C=O) groups is 2. The highest BCUT2D eigenvalue weighted by Gasteiger charge is 2.27. The van der Waals surface area contributed by atoms with E-state index >= 15 is 0 Å². The maximum Gasteiger partial charge on any atom is 0.251 e. The predicted molar refractivity (Wildman–Crippen MR) is 110 cm³/mol. The molecule has 5 nitrogen and oxygen atoms in total. The minimum absolute atomic E-state index is 0.00576. The average Bonchev–Trinajstić information content (AvgIpc) is 3.09. The van der Waals surface area contributed by atoms with E-state index < -0.39 is 6.04 Å². The molecule has 2 aromatic carbocycles. The van der Waals surface area contributed by atoms with Gasteiger partial charge >= 0.3 is 0 Å². The molecule has 0 aliphatic carbocycles. The Morgan fingerprint density at radius 1 is 1.11 bits per heavy atom. The zero-order valence-electron chi connectivity index (χ0n) is 15.7. The molecule has 3 rings (SSSR count). The summed E-state index contributed by atoms with van der Waals surface area (Å²) in [5.41, 5.74) is 2.50. The molecule has 0 unspecified atom stereocenters. The zero-order valence-corrected chi connectivity index (χ0v) is 16.5. The maximum atomic E-state index is 12.9. The van der Waals surface area contributed by atoms with Crippen molar-refractivity contribution in [2.24, 2.45) is 5.92 Å². The van der Waals surface area contributed by atoms with Crippen LogP contribution < -0.4 is 10.6 Å². The van der Waals surface area contributed by atoms with Gasteiger partial charge in [0.2, 0.25) is 5.91 Å². The van der Waals surface area contributed by atoms with Gasteiger partial charge in [-0.1, -0.05) is 61.9 Å². The van der Waals surface area contributed by atoms with Crippen LogP contribution in [0.1, 0.15) is 36.2 Å². The number of nitrogens with zero attached hydrogens (tertiary/aromatic N) is 1. The quantitative estimate of drug-likeness (QED) is 0.665. The van der Waals surface area contributed by atoms with Gasteiger partial charge in [0, 0.05) is 5.56 Å². The van der Waals surface area contributed by atoms with Gasteiger partial charge in [0.15, 0.2) is 5.13 Å². The van der Waals surface area contributed by atoms with Crippen molar-refractivity contribution in [1.29, 1.82) is 0 Å². The molecular formula is C21H23N3O2S. The second-order valence-corrected chi connectivity index (χ2v) is 7.66. The first-order valence-electron chi connectivity index (χ1n) is 9.02. The summed E-state index contributed by atoms with van der Waals surface area (Å²) in [5, 5.41) is 6.31. The highest BCUT2D eigenvalue weighted by atomic mass is 32.1. The van der Waals surface area contributed by atoms with Crippen molar-refractivity contribution in [3.05, 3.63) is 59.7 Å². The van der Waals surface area contributed by atoms with E-state index in [-0.39, 0.29) is 17.7 Å². The largest absolute Gasteiger partial charge is 0.340 e. The summed E-state index contributed by atoms with van der Waals surface area (Å²) in [4.78, 5) is 29.9. The lowest BCUT2D eigenvalue weighted by Gasteiger charge is -2.23. The summed E-state index contributed by atoms with van der Waals surface area (Å²) in [6, 6.07) is 14.3. The molecule has 0 aliphatic heterocycles. The van der Waals surface area contributed by atoms with E-state index in [1.807, 2.05) is 45.0 Å². The lowest BCUT2D eigenvalue weighted by molar-refractivity contribution is -0.119. The number of hydrogen-bond donors (Lipinski definition) is 2. The molecule has 0 saturated carbocycles. The molecule has 0 saturated heterocycles. The second-order valence-electron chi connectivity index (χ2n) is 6.63. The van der Waals surface area contributed by atoms with Gasteiger partial charge in [-0.2, -0.15) is 0 Å². The van der Waals surface area contributed by atoms with Crippen LogP contribution in [0, 0.1) is 12.8 Å². The number of anilines is 1. The summed E-state index contributed by atoms with van der Waals surface area (Å²) in [7, 11) is 0. The summed E-state index contributed by atoms with van der Waals surface area (Å²) in [6.07, 6.45) is 0.770. The highest BCUT2D eigenvalue weighted by Crippen LogP contribution is 2.28. The Labute approximate surface area is 162 Å². The van der Waals surface area contributed by atoms with Gasteiger partial charge in [0.05, 0.1) is 10.2 Å². The number of para-hydroxylation sites is 1. The highest BCUT2D eigenvalue weighted by molar-refractivity contribution is 7.22. The third-order valence-electron chi connectivity index (χ3n) is 4.67. The van der Waals surface area contributed by atoms with Gasteiger partial charge in [-0.05, 0) is 36.6 Å². The predicted octanol–water partition coefficient (Wildman–Crippen LogP) is 4.39. The SMILES string of the molecule is CC[C@H](C)[C@H](NC(=O)c1ccccc1)C(=O)Nc1nc2c(C)cccc2s1. The third-order valence-corrected chi connectivity index (χ3v) is 5.60. The molecule has 2 atom stereocenters. The second kappa shape index (κ2) is 8.31. The molecule has 3 aromatic rings. The number of rotatable bonds is 6. The standard InChI is InChI=1S/C21H23N3O2S/c1-4-13(2)18(22-19(25)15-10-6-5-7-11-15)20(26)24-21-23-17-14(3)9-8-12-16(17)27-21/h5-13,18H,4H2,1-3H3,(H,22,25)(H,23,24,26)/t13-,18-/m0/s1. The molecule has 0 spiro atoms. The molecule has 6 heteroatoms. The van der Waals surface area contributed by atoms with Crippen LogP contribution in [0.25, 0.3) is 10.2 Å². The Morgan fingerprint density at radius 2 is 1.85 bits per heavy atom. The normalized spacial score (nSPS) is 13.1. The van der Waals surface area contributed by atoms with Crippen LogP contribution in [0.2, 0.25) is 0 Å². The number of carbonyl (C=O) groups excluding carboxylic acids is 2. The number of benzene rings is 2. The van der Waals surface area contributed by atoms with Crippen molar-refractivity contribution in [1.82, 2.24) is 10.3 Å². The van der Waals surface area contributed by atoms with E-state index in [0.29, 0.717) is 10.7 Å². The summed E-state index contributed by atoms with van der Waals surface area (Å²) in [5.74, 6) is -0.504. The molecule has 0 radical (unpaired) electrons.